The molecule has 0 aliphatic rings. The van der Waals surface area contributed by atoms with E-state index in [1.165, 1.54) is 6.42 Å². The molecule has 0 bridgehead atoms. The predicted octanol–water partition coefficient (Wildman–Crippen LogP) is 0.226. The lowest BCUT2D eigenvalue weighted by Crippen LogP contribution is -2.74. The van der Waals surface area contributed by atoms with Crippen LogP contribution in [0.15, 0.2) is 0 Å². The molecule has 0 rings (SSSR count). The highest BCUT2D eigenvalue weighted by molar-refractivity contribution is 3.92. The van der Waals surface area contributed by atoms with Crippen LogP contribution in [0, 0.1) is 0 Å². The first-order valence-electron chi connectivity index (χ1n) is 2.57. The predicted molar refractivity (Wildman–Crippen MR) is 29.7 cm³/mol. The van der Waals surface area contributed by atoms with Crippen molar-refractivity contribution in [3.63, 3.8) is 0 Å². The van der Waals surface area contributed by atoms with Crippen molar-refractivity contribution < 1.29 is 5.32 Å². The second-order valence-electron chi connectivity index (χ2n) is 1.28. The van der Waals surface area contributed by atoms with Gasteiger partial charge in [0.15, 0.2) is 0 Å². The minimum atomic E-state index is 1.25. The van der Waals surface area contributed by atoms with Gasteiger partial charge in [-0.25, -0.2) is 0 Å². The molecule has 6 heavy (non-hydrogen) atoms. The summed E-state index contributed by atoms with van der Waals surface area (Å²) in [5, 5.41) is 2.00. The van der Waals surface area contributed by atoms with Gasteiger partial charge in [-0.2, -0.15) is 0 Å². The Morgan fingerprint density at radius 3 is 1.17 bits per heavy atom. The number of rotatable bonds is 0. The fourth-order valence-electron chi connectivity index (χ4n) is 0. The Balaban J connectivity index is 0. The summed E-state index contributed by atoms with van der Waals surface area (Å²) in [5.41, 5.74) is 0. The van der Waals surface area contributed by atoms with Crippen LogP contribution < -0.4 is 5.32 Å². The van der Waals surface area contributed by atoms with Gasteiger partial charge in [0.2, 0.25) is 0 Å². The van der Waals surface area contributed by atoms with E-state index in [-0.39, 0.29) is 0 Å². The highest BCUT2D eigenvalue weighted by Gasteiger charge is 1.35. The molecule has 0 aliphatic carbocycles. The van der Waals surface area contributed by atoms with Gasteiger partial charge in [0.1, 0.15) is 0 Å². The fraction of sp³-hybridized carbons (Fsp3) is 1.00. The SMILES string of the molecule is CCC.C[NH2+]C. The van der Waals surface area contributed by atoms with E-state index in [0.29, 0.717) is 0 Å². The maximum absolute atomic E-state index is 2.12. The Morgan fingerprint density at radius 1 is 1.17 bits per heavy atom. The molecule has 1 heteroatoms. The van der Waals surface area contributed by atoms with Crippen LogP contribution in [0.3, 0.4) is 0 Å². The van der Waals surface area contributed by atoms with Gasteiger partial charge in [0.25, 0.3) is 0 Å². The molecule has 2 N–H and O–H groups in total. The summed E-state index contributed by atoms with van der Waals surface area (Å²) in [6.45, 7) is 4.25. The van der Waals surface area contributed by atoms with Crippen molar-refractivity contribution in [1.82, 2.24) is 0 Å². The third-order valence-corrected chi connectivity index (χ3v) is 0. The standard InChI is InChI=1S/C3H8.C2H7N/c2*1-3-2/h3H2,1-2H3;3H,1-2H3/p+1. The molecule has 0 aromatic carbocycles. The minimum Gasteiger partial charge on any atom is -0.351 e. The van der Waals surface area contributed by atoms with E-state index in [4.69, 9.17) is 0 Å². The van der Waals surface area contributed by atoms with Gasteiger partial charge in [-0.15, -0.1) is 0 Å². The zero-order chi connectivity index (χ0) is 5.41. The Labute approximate surface area is 40.8 Å². The van der Waals surface area contributed by atoms with Crippen LogP contribution in [0.2, 0.25) is 0 Å². The smallest absolute Gasteiger partial charge is 0.0647 e. The number of hydrogen-bond acceptors (Lipinski definition) is 0. The van der Waals surface area contributed by atoms with Gasteiger partial charge in [0.05, 0.1) is 14.1 Å². The molecule has 1 nitrogen and oxygen atoms in total. The molecular weight excluding hydrogens is 74.1 g/mol. The summed E-state index contributed by atoms with van der Waals surface area (Å²) < 4.78 is 0. The van der Waals surface area contributed by atoms with Gasteiger partial charge in [0, 0.05) is 0 Å². The molecule has 0 aromatic rings. The number of nitrogens with two attached hydrogens (primary N) is 1. The van der Waals surface area contributed by atoms with Gasteiger partial charge in [-0.05, 0) is 0 Å². The van der Waals surface area contributed by atoms with Crippen LogP contribution in [0.5, 0.6) is 0 Å². The molecule has 0 saturated carbocycles. The van der Waals surface area contributed by atoms with Crippen LogP contribution in [0.1, 0.15) is 20.3 Å². The average molecular weight is 90.2 g/mol. The number of hydrogen-bond donors (Lipinski definition) is 1. The van der Waals surface area contributed by atoms with Gasteiger partial charge in [-0.3, -0.25) is 0 Å². The summed E-state index contributed by atoms with van der Waals surface area (Å²) in [7, 11) is 4.00. The van der Waals surface area contributed by atoms with Crippen molar-refractivity contribution in [3.05, 3.63) is 0 Å². The van der Waals surface area contributed by atoms with Gasteiger partial charge in [-0.1, -0.05) is 20.3 Å². The highest BCUT2D eigenvalue weighted by atomic mass is 14.7. The number of quaternary nitrogens is 1. The van der Waals surface area contributed by atoms with Crippen molar-refractivity contribution in [2.75, 3.05) is 14.1 Å². The van der Waals surface area contributed by atoms with Gasteiger partial charge < -0.3 is 5.32 Å². The zero-order valence-corrected chi connectivity index (χ0v) is 5.28. The molecule has 0 spiro atoms. The van der Waals surface area contributed by atoms with Crippen LogP contribution in [0.25, 0.3) is 0 Å². The molecule has 0 saturated heterocycles. The van der Waals surface area contributed by atoms with Crippen molar-refractivity contribution in [2.45, 2.75) is 20.3 Å². The fourth-order valence-corrected chi connectivity index (χ4v) is 0. The molecule has 0 amide bonds. The summed E-state index contributed by atoms with van der Waals surface area (Å²) >= 11 is 0. The Morgan fingerprint density at radius 2 is 1.17 bits per heavy atom. The first kappa shape index (κ1) is 9.35. The van der Waals surface area contributed by atoms with E-state index < -0.39 is 0 Å². The van der Waals surface area contributed by atoms with E-state index in [9.17, 15) is 0 Å². The van der Waals surface area contributed by atoms with Crippen LogP contribution in [-0.4, -0.2) is 14.1 Å². The first-order chi connectivity index (χ1) is 2.83. The van der Waals surface area contributed by atoms with Gasteiger partial charge >= 0.3 is 0 Å². The second kappa shape index (κ2) is 20.2. The minimum absolute atomic E-state index is 1.25. The first-order valence-corrected chi connectivity index (χ1v) is 2.57. The Hall–Kier alpha value is -0.0400. The molecule has 0 fully saturated rings. The molecule has 0 unspecified atom stereocenters. The quantitative estimate of drug-likeness (QED) is 0.438. The summed E-state index contributed by atoms with van der Waals surface area (Å²) in [6, 6.07) is 0. The van der Waals surface area contributed by atoms with Crippen LogP contribution in [0.4, 0.5) is 0 Å². The van der Waals surface area contributed by atoms with Crippen molar-refractivity contribution >= 4 is 0 Å². The Kier molecular flexibility index (Phi) is 31.6. The lowest BCUT2D eigenvalue weighted by molar-refractivity contribution is -0.597. The average Bonchev–Trinajstić information content (AvgIpc) is 1.39. The molecule has 0 aromatic heterocycles. The molecule has 0 radical (unpaired) electrons. The van der Waals surface area contributed by atoms with Crippen molar-refractivity contribution in [2.24, 2.45) is 0 Å². The topological polar surface area (TPSA) is 16.6 Å². The molecule has 0 heterocycles. The van der Waals surface area contributed by atoms with Crippen molar-refractivity contribution in [3.8, 4) is 0 Å². The lowest BCUT2D eigenvalue weighted by atomic mass is 10.6. The second-order valence-corrected chi connectivity index (χ2v) is 1.28. The third kappa shape index (κ3) is 21700. The summed E-state index contributed by atoms with van der Waals surface area (Å²) in [6.07, 6.45) is 1.25. The molecule has 0 aliphatic heterocycles. The van der Waals surface area contributed by atoms with E-state index in [0.717, 1.165) is 0 Å². The van der Waals surface area contributed by atoms with E-state index in [1.54, 1.807) is 0 Å². The normalized spacial score (nSPS) is 6.00. The largest absolute Gasteiger partial charge is 0.351 e. The highest BCUT2D eigenvalue weighted by Crippen LogP contribution is 1.56. The van der Waals surface area contributed by atoms with E-state index in [1.807, 2.05) is 19.4 Å². The Bertz CT molecular complexity index is 5.90. The zero-order valence-electron chi connectivity index (χ0n) is 5.28. The molecular formula is C5H16N+. The summed E-state index contributed by atoms with van der Waals surface area (Å²) in [5.74, 6) is 0. The third-order valence-electron chi connectivity index (χ3n) is 0. The van der Waals surface area contributed by atoms with Crippen LogP contribution in [-0.2, 0) is 0 Å². The lowest BCUT2D eigenvalue weighted by Gasteiger charge is -1.57. The van der Waals surface area contributed by atoms with Crippen molar-refractivity contribution in [1.29, 1.82) is 0 Å². The maximum atomic E-state index is 2.12. The molecule has 0 atom stereocenters. The monoisotopic (exact) mass is 90.1 g/mol. The molecule has 40 valence electrons. The van der Waals surface area contributed by atoms with E-state index >= 15 is 0 Å². The van der Waals surface area contributed by atoms with Crippen LogP contribution >= 0.6 is 0 Å². The van der Waals surface area contributed by atoms with E-state index in [2.05, 4.69) is 13.8 Å². The maximum Gasteiger partial charge on any atom is 0.0647 e. The summed E-state index contributed by atoms with van der Waals surface area (Å²) in [4.78, 5) is 0.